The number of amides is 2. The van der Waals surface area contributed by atoms with E-state index in [4.69, 9.17) is 4.74 Å². The van der Waals surface area contributed by atoms with E-state index < -0.39 is 0 Å². The fraction of sp³-hybridized carbons (Fsp3) is 0.316. The number of nitrogens with one attached hydrogen (secondary N) is 2. The number of pyridine rings is 1. The highest BCUT2D eigenvalue weighted by Gasteiger charge is 2.23. The molecule has 7 nitrogen and oxygen atoms in total. The van der Waals surface area contributed by atoms with Gasteiger partial charge in [0.1, 0.15) is 0 Å². The normalized spacial score (nSPS) is 16.7. The van der Waals surface area contributed by atoms with Crippen LogP contribution in [0.4, 0.5) is 10.5 Å². The molecule has 1 atom stereocenters. The molecule has 26 heavy (non-hydrogen) atoms. The van der Waals surface area contributed by atoms with E-state index in [0.717, 1.165) is 41.6 Å². The molecule has 3 heterocycles. The summed E-state index contributed by atoms with van der Waals surface area (Å²) in [6.07, 6.45) is 7.34. The first-order chi connectivity index (χ1) is 12.8. The van der Waals surface area contributed by atoms with Crippen molar-refractivity contribution in [2.24, 2.45) is 0 Å². The summed E-state index contributed by atoms with van der Waals surface area (Å²) in [5.74, 6) is 0. The standard InChI is InChI=1S/C19H21N5O2/c25-19(22-17-5-1-3-15-11-21-23-18(15)17)24(13-16-4-2-10-26-16)12-14-6-8-20-9-7-14/h1,3,5-9,11,16H,2,4,10,12-13H2,(H,21,23)(H,22,25). The van der Waals surface area contributed by atoms with E-state index in [2.05, 4.69) is 20.5 Å². The predicted octanol–water partition coefficient (Wildman–Crippen LogP) is 3.17. The van der Waals surface area contributed by atoms with Crippen LogP contribution in [0.5, 0.6) is 0 Å². The maximum Gasteiger partial charge on any atom is 0.322 e. The summed E-state index contributed by atoms with van der Waals surface area (Å²) in [5.41, 5.74) is 2.58. The van der Waals surface area contributed by atoms with Gasteiger partial charge < -0.3 is 15.0 Å². The van der Waals surface area contributed by atoms with Crippen LogP contribution in [0.1, 0.15) is 18.4 Å². The van der Waals surface area contributed by atoms with Crippen LogP contribution in [0.25, 0.3) is 10.9 Å². The van der Waals surface area contributed by atoms with Gasteiger partial charge in [0.2, 0.25) is 0 Å². The van der Waals surface area contributed by atoms with Crippen LogP contribution in [0, 0.1) is 0 Å². The number of ether oxygens (including phenoxy) is 1. The first-order valence-corrected chi connectivity index (χ1v) is 8.78. The molecule has 0 radical (unpaired) electrons. The van der Waals surface area contributed by atoms with Crippen molar-refractivity contribution in [1.82, 2.24) is 20.1 Å². The Bertz CT molecular complexity index is 874. The van der Waals surface area contributed by atoms with Gasteiger partial charge in [0.25, 0.3) is 0 Å². The molecule has 1 saturated heterocycles. The Balaban J connectivity index is 1.53. The minimum Gasteiger partial charge on any atom is -0.376 e. The van der Waals surface area contributed by atoms with Crippen LogP contribution in [-0.2, 0) is 11.3 Å². The fourth-order valence-corrected chi connectivity index (χ4v) is 3.23. The highest BCUT2D eigenvalue weighted by atomic mass is 16.5. The maximum atomic E-state index is 13.0. The number of aromatic amines is 1. The topological polar surface area (TPSA) is 83.1 Å². The van der Waals surface area contributed by atoms with Crippen molar-refractivity contribution in [3.05, 3.63) is 54.5 Å². The molecule has 2 amide bonds. The van der Waals surface area contributed by atoms with E-state index in [1.807, 2.05) is 30.3 Å². The largest absolute Gasteiger partial charge is 0.376 e. The Morgan fingerprint density at radius 1 is 1.31 bits per heavy atom. The molecule has 1 fully saturated rings. The molecular formula is C19H21N5O2. The quantitative estimate of drug-likeness (QED) is 0.739. The van der Waals surface area contributed by atoms with Gasteiger partial charge in [0.15, 0.2) is 0 Å². The van der Waals surface area contributed by atoms with Gasteiger partial charge in [-0.3, -0.25) is 10.1 Å². The Kier molecular flexibility index (Phi) is 4.79. The predicted molar refractivity (Wildman–Crippen MR) is 98.7 cm³/mol. The first kappa shape index (κ1) is 16.5. The number of anilines is 1. The van der Waals surface area contributed by atoms with E-state index in [1.165, 1.54) is 0 Å². The molecule has 1 aliphatic heterocycles. The van der Waals surface area contributed by atoms with Crippen molar-refractivity contribution in [3.63, 3.8) is 0 Å². The van der Waals surface area contributed by atoms with Crippen molar-refractivity contribution in [1.29, 1.82) is 0 Å². The number of fused-ring (bicyclic) bond motifs is 1. The number of para-hydroxylation sites is 1. The molecule has 2 aromatic heterocycles. The number of carbonyl (C=O) groups excluding carboxylic acids is 1. The Labute approximate surface area is 151 Å². The highest BCUT2D eigenvalue weighted by molar-refractivity contribution is 5.99. The highest BCUT2D eigenvalue weighted by Crippen LogP contribution is 2.22. The van der Waals surface area contributed by atoms with Gasteiger partial charge in [0, 0.05) is 37.5 Å². The lowest BCUT2D eigenvalue weighted by Crippen LogP contribution is -2.39. The zero-order valence-electron chi connectivity index (χ0n) is 14.4. The molecule has 3 aromatic rings. The molecule has 0 spiro atoms. The summed E-state index contributed by atoms with van der Waals surface area (Å²) in [6, 6.07) is 9.42. The molecule has 1 aliphatic rings. The minimum absolute atomic E-state index is 0.0885. The minimum atomic E-state index is -0.153. The molecule has 0 aliphatic carbocycles. The second-order valence-electron chi connectivity index (χ2n) is 6.44. The Hall–Kier alpha value is -2.93. The van der Waals surface area contributed by atoms with Crippen molar-refractivity contribution in [3.8, 4) is 0 Å². The Morgan fingerprint density at radius 2 is 2.19 bits per heavy atom. The molecule has 2 N–H and O–H groups in total. The third-order valence-electron chi connectivity index (χ3n) is 4.58. The van der Waals surface area contributed by atoms with Gasteiger partial charge >= 0.3 is 6.03 Å². The Morgan fingerprint density at radius 3 is 3.00 bits per heavy atom. The van der Waals surface area contributed by atoms with Crippen LogP contribution in [0.2, 0.25) is 0 Å². The molecule has 1 aromatic carbocycles. The number of rotatable bonds is 5. The van der Waals surface area contributed by atoms with Gasteiger partial charge in [0.05, 0.1) is 23.5 Å². The zero-order valence-corrected chi connectivity index (χ0v) is 14.4. The van der Waals surface area contributed by atoms with Gasteiger partial charge in [-0.15, -0.1) is 0 Å². The SMILES string of the molecule is O=C(Nc1cccc2cn[nH]c12)N(Cc1ccncc1)CC1CCCO1. The van der Waals surface area contributed by atoms with Gasteiger partial charge in [-0.05, 0) is 36.6 Å². The van der Waals surface area contributed by atoms with Crippen LogP contribution in [0.3, 0.4) is 0 Å². The maximum absolute atomic E-state index is 13.0. The third-order valence-corrected chi connectivity index (χ3v) is 4.58. The molecule has 1 unspecified atom stereocenters. The second-order valence-corrected chi connectivity index (χ2v) is 6.44. The van der Waals surface area contributed by atoms with Crippen molar-refractivity contribution in [2.45, 2.75) is 25.5 Å². The number of aromatic nitrogens is 3. The van der Waals surface area contributed by atoms with Gasteiger partial charge in [-0.1, -0.05) is 12.1 Å². The second kappa shape index (κ2) is 7.53. The van der Waals surface area contributed by atoms with Crippen LogP contribution < -0.4 is 5.32 Å². The molecule has 4 rings (SSSR count). The summed E-state index contributed by atoms with van der Waals surface area (Å²) in [7, 11) is 0. The summed E-state index contributed by atoms with van der Waals surface area (Å²) < 4.78 is 5.73. The average Bonchev–Trinajstić information content (AvgIpc) is 3.34. The van der Waals surface area contributed by atoms with Crippen molar-refractivity contribution >= 4 is 22.6 Å². The van der Waals surface area contributed by atoms with Gasteiger partial charge in [-0.25, -0.2) is 4.79 Å². The third kappa shape index (κ3) is 3.67. The number of hydrogen-bond donors (Lipinski definition) is 2. The van der Waals surface area contributed by atoms with E-state index in [-0.39, 0.29) is 12.1 Å². The summed E-state index contributed by atoms with van der Waals surface area (Å²) in [4.78, 5) is 18.8. The zero-order chi connectivity index (χ0) is 17.8. The lowest BCUT2D eigenvalue weighted by Gasteiger charge is -2.26. The molecular weight excluding hydrogens is 330 g/mol. The van der Waals surface area contributed by atoms with E-state index in [1.54, 1.807) is 23.5 Å². The summed E-state index contributed by atoms with van der Waals surface area (Å²) in [5, 5.41) is 11.0. The monoisotopic (exact) mass is 351 g/mol. The first-order valence-electron chi connectivity index (χ1n) is 8.78. The number of urea groups is 1. The smallest absolute Gasteiger partial charge is 0.322 e. The lowest BCUT2D eigenvalue weighted by atomic mass is 10.2. The summed E-state index contributed by atoms with van der Waals surface area (Å²) in [6.45, 7) is 1.84. The number of carbonyl (C=O) groups is 1. The lowest BCUT2D eigenvalue weighted by molar-refractivity contribution is 0.0819. The molecule has 0 bridgehead atoms. The van der Waals surface area contributed by atoms with E-state index in [0.29, 0.717) is 13.1 Å². The summed E-state index contributed by atoms with van der Waals surface area (Å²) >= 11 is 0. The van der Waals surface area contributed by atoms with Crippen molar-refractivity contribution < 1.29 is 9.53 Å². The van der Waals surface area contributed by atoms with E-state index >= 15 is 0 Å². The number of H-pyrrole nitrogens is 1. The van der Waals surface area contributed by atoms with Gasteiger partial charge in [-0.2, -0.15) is 5.10 Å². The van der Waals surface area contributed by atoms with Crippen molar-refractivity contribution in [2.75, 3.05) is 18.5 Å². The fourth-order valence-electron chi connectivity index (χ4n) is 3.23. The molecule has 0 saturated carbocycles. The van der Waals surface area contributed by atoms with Crippen LogP contribution >= 0.6 is 0 Å². The molecule has 134 valence electrons. The molecule has 7 heteroatoms. The number of nitrogens with zero attached hydrogens (tertiary/aromatic N) is 3. The number of benzene rings is 1. The van der Waals surface area contributed by atoms with Crippen LogP contribution in [-0.4, -0.2) is 45.4 Å². The van der Waals surface area contributed by atoms with E-state index in [9.17, 15) is 4.79 Å². The van der Waals surface area contributed by atoms with Crippen LogP contribution in [0.15, 0.2) is 48.9 Å². The number of hydrogen-bond acceptors (Lipinski definition) is 4. The average molecular weight is 351 g/mol.